The third-order valence-corrected chi connectivity index (χ3v) is 2.71. The van der Waals surface area contributed by atoms with Crippen molar-refractivity contribution in [2.75, 3.05) is 20.0 Å². The Labute approximate surface area is 106 Å². The number of amides is 1. The standard InChI is InChI=1S/C13H17NO4/c1-3-16-7-13(15)14-9(2)10-4-5-11-12(6-10)18-8-17-11/h4-6,9H,3,7-8H2,1-2H3,(H,14,15). The normalized spacial score (nSPS) is 14.3. The van der Waals surface area contributed by atoms with Crippen molar-refractivity contribution < 1.29 is 19.0 Å². The summed E-state index contributed by atoms with van der Waals surface area (Å²) in [6.45, 7) is 4.65. The lowest BCUT2D eigenvalue weighted by molar-refractivity contribution is -0.126. The first kappa shape index (κ1) is 12.7. The van der Waals surface area contributed by atoms with Gasteiger partial charge < -0.3 is 19.5 Å². The van der Waals surface area contributed by atoms with Crippen molar-refractivity contribution in [1.29, 1.82) is 0 Å². The lowest BCUT2D eigenvalue weighted by Gasteiger charge is -2.14. The third kappa shape index (κ3) is 2.92. The molecule has 0 saturated carbocycles. The number of carbonyl (C=O) groups is 1. The lowest BCUT2D eigenvalue weighted by atomic mass is 10.1. The molecule has 1 atom stereocenters. The van der Waals surface area contributed by atoms with Gasteiger partial charge in [0.15, 0.2) is 11.5 Å². The summed E-state index contributed by atoms with van der Waals surface area (Å²) in [4.78, 5) is 11.5. The number of hydrogen-bond donors (Lipinski definition) is 1. The van der Waals surface area contributed by atoms with Crippen LogP contribution in [0.2, 0.25) is 0 Å². The molecule has 1 aromatic rings. The Hall–Kier alpha value is -1.75. The van der Waals surface area contributed by atoms with Gasteiger partial charge in [-0.15, -0.1) is 0 Å². The highest BCUT2D eigenvalue weighted by Crippen LogP contribution is 2.34. The molecule has 0 fully saturated rings. The largest absolute Gasteiger partial charge is 0.454 e. The molecule has 1 N–H and O–H groups in total. The van der Waals surface area contributed by atoms with Crippen LogP contribution in [0, 0.1) is 0 Å². The topological polar surface area (TPSA) is 56.8 Å². The molecule has 0 aliphatic carbocycles. The minimum atomic E-state index is -0.123. The Kier molecular flexibility index (Phi) is 4.04. The Morgan fingerprint density at radius 3 is 3.00 bits per heavy atom. The summed E-state index contributed by atoms with van der Waals surface area (Å²) in [6, 6.07) is 5.56. The summed E-state index contributed by atoms with van der Waals surface area (Å²) < 4.78 is 15.6. The number of rotatable bonds is 5. The van der Waals surface area contributed by atoms with E-state index in [9.17, 15) is 4.79 Å². The van der Waals surface area contributed by atoms with Gasteiger partial charge in [0.1, 0.15) is 6.61 Å². The molecule has 98 valence electrons. The van der Waals surface area contributed by atoms with E-state index in [2.05, 4.69) is 5.32 Å². The van der Waals surface area contributed by atoms with E-state index in [1.165, 1.54) is 0 Å². The van der Waals surface area contributed by atoms with Crippen LogP contribution in [0.1, 0.15) is 25.5 Å². The molecular weight excluding hydrogens is 234 g/mol. The van der Waals surface area contributed by atoms with E-state index in [1.54, 1.807) is 0 Å². The fourth-order valence-electron chi connectivity index (χ4n) is 1.74. The van der Waals surface area contributed by atoms with Gasteiger partial charge in [-0.3, -0.25) is 4.79 Å². The molecule has 5 nitrogen and oxygen atoms in total. The second-order valence-corrected chi connectivity index (χ2v) is 4.04. The molecule has 2 rings (SSSR count). The molecule has 1 unspecified atom stereocenters. The van der Waals surface area contributed by atoms with Crippen LogP contribution in [0.4, 0.5) is 0 Å². The second-order valence-electron chi connectivity index (χ2n) is 4.04. The first-order chi connectivity index (χ1) is 8.70. The van der Waals surface area contributed by atoms with Crippen molar-refractivity contribution in [3.05, 3.63) is 23.8 Å². The molecule has 1 heterocycles. The van der Waals surface area contributed by atoms with Crippen LogP contribution in [-0.2, 0) is 9.53 Å². The van der Waals surface area contributed by atoms with E-state index in [0.717, 1.165) is 17.1 Å². The van der Waals surface area contributed by atoms with Gasteiger partial charge >= 0.3 is 0 Å². The van der Waals surface area contributed by atoms with E-state index in [-0.39, 0.29) is 25.3 Å². The number of fused-ring (bicyclic) bond motifs is 1. The van der Waals surface area contributed by atoms with E-state index in [0.29, 0.717) is 6.61 Å². The van der Waals surface area contributed by atoms with E-state index in [4.69, 9.17) is 14.2 Å². The maximum Gasteiger partial charge on any atom is 0.246 e. The quantitative estimate of drug-likeness (QED) is 0.864. The minimum Gasteiger partial charge on any atom is -0.454 e. The maximum atomic E-state index is 11.5. The van der Waals surface area contributed by atoms with E-state index in [1.807, 2.05) is 32.0 Å². The Balaban J connectivity index is 1.96. The summed E-state index contributed by atoms with van der Waals surface area (Å²) in [5.41, 5.74) is 0.976. The number of ether oxygens (including phenoxy) is 3. The van der Waals surface area contributed by atoms with Gasteiger partial charge in [0.25, 0.3) is 0 Å². The van der Waals surface area contributed by atoms with Gasteiger partial charge in [-0.1, -0.05) is 6.07 Å². The summed E-state index contributed by atoms with van der Waals surface area (Å²) in [7, 11) is 0. The average Bonchev–Trinajstić information content (AvgIpc) is 2.83. The van der Waals surface area contributed by atoms with Crippen LogP contribution in [-0.4, -0.2) is 25.9 Å². The molecule has 0 radical (unpaired) electrons. The van der Waals surface area contributed by atoms with Crippen molar-refractivity contribution in [3.8, 4) is 11.5 Å². The van der Waals surface area contributed by atoms with Gasteiger partial charge in [-0.05, 0) is 31.5 Å². The van der Waals surface area contributed by atoms with Crippen LogP contribution in [0.3, 0.4) is 0 Å². The third-order valence-electron chi connectivity index (χ3n) is 2.71. The van der Waals surface area contributed by atoms with Crippen LogP contribution in [0.25, 0.3) is 0 Å². The van der Waals surface area contributed by atoms with Crippen LogP contribution in [0.15, 0.2) is 18.2 Å². The highest BCUT2D eigenvalue weighted by Gasteiger charge is 2.16. The van der Waals surface area contributed by atoms with Gasteiger partial charge in [-0.25, -0.2) is 0 Å². The number of hydrogen-bond acceptors (Lipinski definition) is 4. The monoisotopic (exact) mass is 251 g/mol. The van der Waals surface area contributed by atoms with Crippen LogP contribution < -0.4 is 14.8 Å². The Morgan fingerprint density at radius 1 is 1.44 bits per heavy atom. The van der Waals surface area contributed by atoms with Crippen LogP contribution >= 0.6 is 0 Å². The molecule has 0 saturated heterocycles. The Bertz CT molecular complexity index is 433. The highest BCUT2D eigenvalue weighted by atomic mass is 16.7. The number of nitrogens with one attached hydrogen (secondary N) is 1. The zero-order valence-corrected chi connectivity index (χ0v) is 10.6. The minimum absolute atomic E-state index is 0.0887. The molecular formula is C13H17NO4. The highest BCUT2D eigenvalue weighted by molar-refractivity contribution is 5.77. The van der Waals surface area contributed by atoms with Crippen LogP contribution in [0.5, 0.6) is 11.5 Å². The molecule has 1 aliphatic heterocycles. The first-order valence-electron chi connectivity index (χ1n) is 5.97. The van der Waals surface area contributed by atoms with Crippen molar-refractivity contribution in [2.45, 2.75) is 19.9 Å². The van der Waals surface area contributed by atoms with E-state index >= 15 is 0 Å². The van der Waals surface area contributed by atoms with Crippen molar-refractivity contribution in [1.82, 2.24) is 5.32 Å². The number of benzene rings is 1. The summed E-state index contributed by atoms with van der Waals surface area (Å²) in [5.74, 6) is 1.34. The molecule has 0 bridgehead atoms. The molecule has 18 heavy (non-hydrogen) atoms. The SMILES string of the molecule is CCOCC(=O)NC(C)c1ccc2c(c1)OCO2. The predicted molar refractivity (Wildman–Crippen MR) is 65.6 cm³/mol. The van der Waals surface area contributed by atoms with Gasteiger partial charge in [0.2, 0.25) is 12.7 Å². The molecule has 0 aromatic heterocycles. The fraction of sp³-hybridized carbons (Fsp3) is 0.462. The first-order valence-corrected chi connectivity index (χ1v) is 5.97. The maximum absolute atomic E-state index is 11.5. The van der Waals surface area contributed by atoms with Gasteiger partial charge in [-0.2, -0.15) is 0 Å². The van der Waals surface area contributed by atoms with Crippen molar-refractivity contribution >= 4 is 5.91 Å². The molecule has 0 spiro atoms. The van der Waals surface area contributed by atoms with Crippen molar-refractivity contribution in [3.63, 3.8) is 0 Å². The summed E-state index contributed by atoms with van der Waals surface area (Å²) in [5, 5.41) is 2.86. The lowest BCUT2D eigenvalue weighted by Crippen LogP contribution is -2.30. The Morgan fingerprint density at radius 2 is 2.22 bits per heavy atom. The zero-order chi connectivity index (χ0) is 13.0. The molecule has 1 amide bonds. The number of carbonyl (C=O) groups excluding carboxylic acids is 1. The van der Waals surface area contributed by atoms with Crippen molar-refractivity contribution in [2.24, 2.45) is 0 Å². The summed E-state index contributed by atoms with van der Waals surface area (Å²) in [6.07, 6.45) is 0. The van der Waals surface area contributed by atoms with E-state index < -0.39 is 0 Å². The van der Waals surface area contributed by atoms with Gasteiger partial charge in [0, 0.05) is 6.61 Å². The molecule has 1 aromatic carbocycles. The molecule has 1 aliphatic rings. The zero-order valence-electron chi connectivity index (χ0n) is 10.6. The second kappa shape index (κ2) is 5.73. The molecule has 5 heteroatoms. The van der Waals surface area contributed by atoms with Gasteiger partial charge in [0.05, 0.1) is 6.04 Å². The smallest absolute Gasteiger partial charge is 0.246 e. The fourth-order valence-corrected chi connectivity index (χ4v) is 1.74. The summed E-state index contributed by atoms with van der Waals surface area (Å²) >= 11 is 0. The predicted octanol–water partition coefficient (Wildman–Crippen LogP) is 1.63. The average molecular weight is 251 g/mol.